The quantitative estimate of drug-likeness (QED) is 0.808. The van der Waals surface area contributed by atoms with E-state index >= 15 is 0 Å². The van der Waals surface area contributed by atoms with Crippen molar-refractivity contribution in [2.75, 3.05) is 6.54 Å². The highest BCUT2D eigenvalue weighted by molar-refractivity contribution is 7.11. The minimum Gasteiger partial charge on any atom is -0.347 e. The van der Waals surface area contributed by atoms with Gasteiger partial charge in [0.1, 0.15) is 5.01 Å². The summed E-state index contributed by atoms with van der Waals surface area (Å²) in [7, 11) is 0. The summed E-state index contributed by atoms with van der Waals surface area (Å²) < 4.78 is 0. The molecule has 0 aliphatic rings. The second kappa shape index (κ2) is 7.60. The largest absolute Gasteiger partial charge is 0.347 e. The van der Waals surface area contributed by atoms with Crippen LogP contribution in [0.2, 0.25) is 0 Å². The summed E-state index contributed by atoms with van der Waals surface area (Å²) >= 11 is 1.62. The average Bonchev–Trinajstić information content (AvgIpc) is 2.74. The Morgan fingerprint density at radius 1 is 1.47 bits per heavy atom. The van der Waals surface area contributed by atoms with Gasteiger partial charge >= 0.3 is 0 Å². The van der Waals surface area contributed by atoms with Crippen molar-refractivity contribution >= 4 is 17.2 Å². The topological polar surface area (TPSA) is 68.0 Å². The molecule has 0 bridgehead atoms. The monoisotopic (exact) mass is 283 g/mol. The molecule has 0 aliphatic carbocycles. The summed E-state index contributed by atoms with van der Waals surface area (Å²) in [6.45, 7) is 8.86. The number of hydrogen-bond acceptors (Lipinski definition) is 4. The molecule has 1 aromatic rings. The van der Waals surface area contributed by atoms with Crippen molar-refractivity contribution in [3.05, 3.63) is 16.1 Å². The summed E-state index contributed by atoms with van der Waals surface area (Å²) in [5.74, 6) is 0.905. The fraction of sp³-hybridized carbons (Fsp3) is 0.714. The van der Waals surface area contributed by atoms with Crippen LogP contribution in [0.25, 0.3) is 0 Å². The second-order valence-corrected chi connectivity index (χ2v) is 6.80. The van der Waals surface area contributed by atoms with Crippen molar-refractivity contribution < 1.29 is 4.79 Å². The number of rotatable bonds is 7. The molecule has 5 heteroatoms. The standard InChI is InChI=1S/C14H25N3OS/c1-9(2)5-12(7-15)6-13(18)17-11(4)14-16-8-10(3)19-14/h8-9,11-12H,5-7,15H2,1-4H3,(H,17,18). The molecule has 0 aliphatic heterocycles. The first-order valence-corrected chi connectivity index (χ1v) is 7.65. The Morgan fingerprint density at radius 2 is 2.16 bits per heavy atom. The Kier molecular flexibility index (Phi) is 6.45. The number of aromatic nitrogens is 1. The van der Waals surface area contributed by atoms with Gasteiger partial charge in [-0.3, -0.25) is 4.79 Å². The van der Waals surface area contributed by atoms with E-state index < -0.39 is 0 Å². The molecule has 2 unspecified atom stereocenters. The third kappa shape index (κ3) is 5.70. The van der Waals surface area contributed by atoms with Gasteiger partial charge in [0.2, 0.25) is 5.91 Å². The Morgan fingerprint density at radius 3 is 2.63 bits per heavy atom. The minimum absolute atomic E-state index is 0.0244. The maximum Gasteiger partial charge on any atom is 0.220 e. The number of carbonyl (C=O) groups is 1. The predicted molar refractivity (Wildman–Crippen MR) is 80.0 cm³/mol. The van der Waals surface area contributed by atoms with Gasteiger partial charge in [-0.1, -0.05) is 13.8 Å². The van der Waals surface area contributed by atoms with Crippen LogP contribution in [0.15, 0.2) is 6.20 Å². The maximum atomic E-state index is 12.0. The van der Waals surface area contributed by atoms with E-state index in [1.807, 2.05) is 20.0 Å². The molecule has 0 fully saturated rings. The first kappa shape index (κ1) is 16.1. The van der Waals surface area contributed by atoms with Crippen LogP contribution in [0.3, 0.4) is 0 Å². The van der Waals surface area contributed by atoms with E-state index in [4.69, 9.17) is 5.73 Å². The lowest BCUT2D eigenvalue weighted by molar-refractivity contribution is -0.122. The Hall–Kier alpha value is -0.940. The summed E-state index contributed by atoms with van der Waals surface area (Å²) in [5.41, 5.74) is 5.72. The van der Waals surface area contributed by atoms with E-state index in [0.29, 0.717) is 18.9 Å². The normalized spacial score (nSPS) is 14.4. The number of nitrogens with one attached hydrogen (secondary N) is 1. The fourth-order valence-corrected chi connectivity index (χ4v) is 2.90. The third-order valence-corrected chi connectivity index (χ3v) is 4.09. The number of nitrogens with two attached hydrogens (primary N) is 1. The lowest BCUT2D eigenvalue weighted by atomic mass is 9.94. The highest BCUT2D eigenvalue weighted by Gasteiger charge is 2.17. The Labute approximate surface area is 119 Å². The number of carbonyl (C=O) groups excluding carboxylic acids is 1. The fourth-order valence-electron chi connectivity index (χ4n) is 2.13. The Balaban J connectivity index is 2.45. The molecule has 108 valence electrons. The van der Waals surface area contributed by atoms with Crippen molar-refractivity contribution in [2.24, 2.45) is 17.6 Å². The first-order chi connectivity index (χ1) is 8.92. The lowest BCUT2D eigenvalue weighted by Gasteiger charge is -2.18. The van der Waals surface area contributed by atoms with E-state index in [0.717, 1.165) is 16.3 Å². The molecular weight excluding hydrogens is 258 g/mol. The molecule has 1 aromatic heterocycles. The van der Waals surface area contributed by atoms with Crippen molar-refractivity contribution in [3.8, 4) is 0 Å². The van der Waals surface area contributed by atoms with Crippen LogP contribution in [0.4, 0.5) is 0 Å². The molecule has 0 radical (unpaired) electrons. The van der Waals surface area contributed by atoms with Gasteiger partial charge in [0.25, 0.3) is 0 Å². The van der Waals surface area contributed by atoms with E-state index in [1.165, 1.54) is 0 Å². The van der Waals surface area contributed by atoms with Crippen LogP contribution in [0.5, 0.6) is 0 Å². The summed E-state index contributed by atoms with van der Waals surface area (Å²) in [4.78, 5) is 17.5. The zero-order valence-electron chi connectivity index (χ0n) is 12.3. The SMILES string of the molecule is Cc1cnc(C(C)NC(=O)CC(CN)CC(C)C)s1. The molecule has 4 nitrogen and oxygen atoms in total. The molecule has 1 rings (SSSR count). The molecular formula is C14H25N3OS. The highest BCUT2D eigenvalue weighted by atomic mass is 32.1. The van der Waals surface area contributed by atoms with Crippen molar-refractivity contribution in [3.63, 3.8) is 0 Å². The molecule has 0 spiro atoms. The molecule has 3 N–H and O–H groups in total. The zero-order chi connectivity index (χ0) is 14.4. The number of hydrogen-bond donors (Lipinski definition) is 2. The number of aryl methyl sites for hydroxylation is 1. The van der Waals surface area contributed by atoms with E-state index in [1.54, 1.807) is 11.3 Å². The highest BCUT2D eigenvalue weighted by Crippen LogP contribution is 2.20. The van der Waals surface area contributed by atoms with Crippen LogP contribution >= 0.6 is 11.3 Å². The lowest BCUT2D eigenvalue weighted by Crippen LogP contribution is -2.30. The van der Waals surface area contributed by atoms with Crippen molar-refractivity contribution in [1.29, 1.82) is 0 Å². The third-order valence-electron chi connectivity index (χ3n) is 3.00. The van der Waals surface area contributed by atoms with Gasteiger partial charge in [-0.2, -0.15) is 0 Å². The molecule has 19 heavy (non-hydrogen) atoms. The van der Waals surface area contributed by atoms with Crippen molar-refractivity contribution in [2.45, 2.75) is 46.6 Å². The van der Waals surface area contributed by atoms with Crippen LogP contribution in [0.1, 0.15) is 49.5 Å². The van der Waals surface area contributed by atoms with Gasteiger partial charge in [0.05, 0.1) is 6.04 Å². The summed E-state index contributed by atoms with van der Waals surface area (Å²) in [6.07, 6.45) is 3.34. The molecule has 0 saturated heterocycles. The van der Waals surface area contributed by atoms with Crippen LogP contribution in [-0.2, 0) is 4.79 Å². The Bertz CT molecular complexity index is 403. The number of thiazole rings is 1. The second-order valence-electron chi connectivity index (χ2n) is 5.53. The first-order valence-electron chi connectivity index (χ1n) is 6.84. The maximum absolute atomic E-state index is 12.0. The zero-order valence-corrected chi connectivity index (χ0v) is 13.1. The van der Waals surface area contributed by atoms with Gasteiger partial charge in [0, 0.05) is 17.5 Å². The van der Waals surface area contributed by atoms with E-state index in [9.17, 15) is 4.79 Å². The van der Waals surface area contributed by atoms with Gasteiger partial charge in [0.15, 0.2) is 0 Å². The molecule has 1 amide bonds. The van der Waals surface area contributed by atoms with Gasteiger partial charge in [-0.05, 0) is 38.6 Å². The predicted octanol–water partition coefficient (Wildman–Crippen LogP) is 2.64. The van der Waals surface area contributed by atoms with Gasteiger partial charge in [-0.25, -0.2) is 4.98 Å². The molecule has 0 aromatic carbocycles. The summed E-state index contributed by atoms with van der Waals surface area (Å²) in [6, 6.07) is -0.0244. The smallest absolute Gasteiger partial charge is 0.220 e. The molecule has 0 saturated carbocycles. The van der Waals surface area contributed by atoms with Crippen LogP contribution in [-0.4, -0.2) is 17.4 Å². The number of amides is 1. The van der Waals surface area contributed by atoms with E-state index in [2.05, 4.69) is 24.1 Å². The van der Waals surface area contributed by atoms with Gasteiger partial charge < -0.3 is 11.1 Å². The minimum atomic E-state index is -0.0244. The van der Waals surface area contributed by atoms with Gasteiger partial charge in [-0.15, -0.1) is 11.3 Å². The number of nitrogens with zero attached hydrogens (tertiary/aromatic N) is 1. The molecule has 2 atom stereocenters. The average molecular weight is 283 g/mol. The van der Waals surface area contributed by atoms with Crippen molar-refractivity contribution in [1.82, 2.24) is 10.3 Å². The summed E-state index contributed by atoms with van der Waals surface area (Å²) in [5, 5.41) is 3.96. The van der Waals surface area contributed by atoms with E-state index in [-0.39, 0.29) is 17.9 Å². The van der Waals surface area contributed by atoms with Crippen LogP contribution < -0.4 is 11.1 Å². The molecule has 1 heterocycles. The van der Waals surface area contributed by atoms with Crippen LogP contribution in [0, 0.1) is 18.8 Å².